The number of hydrogen-bond donors (Lipinski definition) is 1. The summed E-state index contributed by atoms with van der Waals surface area (Å²) < 4.78 is 0.764. The van der Waals surface area contributed by atoms with Gasteiger partial charge < -0.3 is 5.32 Å². The van der Waals surface area contributed by atoms with Crippen LogP contribution in [0.25, 0.3) is 0 Å². The van der Waals surface area contributed by atoms with Gasteiger partial charge in [0.15, 0.2) is 0 Å². The van der Waals surface area contributed by atoms with Crippen molar-refractivity contribution in [2.24, 2.45) is 0 Å². The van der Waals surface area contributed by atoms with Crippen LogP contribution in [-0.2, 0) is 0 Å². The average Bonchev–Trinajstić information content (AvgIpc) is 2.34. The number of para-hydroxylation sites is 1. The van der Waals surface area contributed by atoms with Gasteiger partial charge in [-0.3, -0.25) is 0 Å². The van der Waals surface area contributed by atoms with Crippen LogP contribution in [-0.4, -0.2) is 0 Å². The van der Waals surface area contributed by atoms with Crippen LogP contribution in [0.5, 0.6) is 0 Å². The van der Waals surface area contributed by atoms with Crippen molar-refractivity contribution in [3.05, 3.63) is 57.0 Å². The second kappa shape index (κ2) is 5.43. The lowest BCUT2D eigenvalue weighted by Crippen LogP contribution is -1.97. The molecule has 0 saturated carbocycles. The fourth-order valence-corrected chi connectivity index (χ4v) is 2.39. The first kappa shape index (κ1) is 12.9. The number of nitrogens with zero attached hydrogens (tertiary/aromatic N) is 1. The van der Waals surface area contributed by atoms with E-state index in [2.05, 4.69) is 27.3 Å². The molecule has 0 amide bonds. The third-order valence-electron chi connectivity index (χ3n) is 2.61. The van der Waals surface area contributed by atoms with Crippen molar-refractivity contribution in [2.75, 3.05) is 5.32 Å². The number of anilines is 2. The van der Waals surface area contributed by atoms with E-state index in [-0.39, 0.29) is 0 Å². The minimum atomic E-state index is 0.566. The Morgan fingerprint density at radius 3 is 2.61 bits per heavy atom. The van der Waals surface area contributed by atoms with Crippen molar-refractivity contribution in [3.63, 3.8) is 0 Å². The van der Waals surface area contributed by atoms with E-state index >= 15 is 0 Å². The highest BCUT2D eigenvalue weighted by Gasteiger charge is 2.09. The van der Waals surface area contributed by atoms with Crippen LogP contribution in [0.4, 0.5) is 11.4 Å². The largest absolute Gasteiger partial charge is 0.353 e. The lowest BCUT2D eigenvalue weighted by atomic mass is 10.1. The Labute approximate surface area is 119 Å². The Morgan fingerprint density at radius 2 is 1.94 bits per heavy atom. The van der Waals surface area contributed by atoms with Crippen LogP contribution in [0.3, 0.4) is 0 Å². The van der Waals surface area contributed by atoms with Gasteiger partial charge in [-0.25, -0.2) is 0 Å². The molecule has 2 rings (SSSR count). The second-order valence-corrected chi connectivity index (χ2v) is 5.09. The van der Waals surface area contributed by atoms with Gasteiger partial charge in [-0.15, -0.1) is 0 Å². The molecule has 0 aliphatic carbocycles. The molecule has 2 aromatic carbocycles. The fraction of sp³-hybridized carbons (Fsp3) is 0.0714. The van der Waals surface area contributed by atoms with E-state index in [1.165, 1.54) is 0 Å². The average molecular weight is 322 g/mol. The predicted molar refractivity (Wildman–Crippen MR) is 78.3 cm³/mol. The molecule has 18 heavy (non-hydrogen) atoms. The zero-order chi connectivity index (χ0) is 13.1. The van der Waals surface area contributed by atoms with Gasteiger partial charge in [0, 0.05) is 4.47 Å². The second-order valence-electron chi connectivity index (χ2n) is 3.83. The number of benzene rings is 2. The predicted octanol–water partition coefficient (Wildman–Crippen LogP) is 5.03. The highest BCUT2D eigenvalue weighted by Crippen LogP contribution is 2.32. The van der Waals surface area contributed by atoms with E-state index in [9.17, 15) is 0 Å². The molecule has 2 aromatic rings. The van der Waals surface area contributed by atoms with Gasteiger partial charge in [0.25, 0.3) is 0 Å². The third-order valence-corrected chi connectivity index (χ3v) is 3.58. The molecule has 0 atom stereocenters. The number of aryl methyl sites for hydroxylation is 1. The molecule has 0 bridgehead atoms. The molecule has 0 radical (unpaired) electrons. The minimum Gasteiger partial charge on any atom is -0.353 e. The lowest BCUT2D eigenvalue weighted by Gasteiger charge is -2.13. The summed E-state index contributed by atoms with van der Waals surface area (Å²) in [5.74, 6) is 0. The minimum absolute atomic E-state index is 0.566. The highest BCUT2D eigenvalue weighted by atomic mass is 79.9. The first-order valence-corrected chi connectivity index (χ1v) is 6.51. The summed E-state index contributed by atoms with van der Waals surface area (Å²) in [4.78, 5) is 0. The van der Waals surface area contributed by atoms with Crippen LogP contribution in [0.1, 0.15) is 11.1 Å². The summed E-state index contributed by atoms with van der Waals surface area (Å²) in [5, 5.41) is 13.0. The molecule has 0 heterocycles. The van der Waals surface area contributed by atoms with Crippen LogP contribution in [0.2, 0.25) is 5.02 Å². The van der Waals surface area contributed by atoms with Gasteiger partial charge in [-0.2, -0.15) is 5.26 Å². The first-order valence-electron chi connectivity index (χ1n) is 5.34. The van der Waals surface area contributed by atoms with Gasteiger partial charge in [0.2, 0.25) is 0 Å². The van der Waals surface area contributed by atoms with E-state index < -0.39 is 0 Å². The van der Waals surface area contributed by atoms with Crippen LogP contribution < -0.4 is 5.32 Å². The fourth-order valence-electron chi connectivity index (χ4n) is 1.67. The van der Waals surface area contributed by atoms with E-state index in [1.54, 1.807) is 0 Å². The molecular weight excluding hydrogens is 312 g/mol. The van der Waals surface area contributed by atoms with Gasteiger partial charge in [-0.05, 0) is 46.6 Å². The summed E-state index contributed by atoms with van der Waals surface area (Å²) in [5.41, 5.74) is 3.17. The highest BCUT2D eigenvalue weighted by molar-refractivity contribution is 9.10. The summed E-state index contributed by atoms with van der Waals surface area (Å²) in [6.45, 7) is 1.97. The molecule has 2 nitrogen and oxygen atoms in total. The van der Waals surface area contributed by atoms with Gasteiger partial charge in [-0.1, -0.05) is 29.8 Å². The van der Waals surface area contributed by atoms with Crippen LogP contribution in [0.15, 0.2) is 40.9 Å². The van der Waals surface area contributed by atoms with Crippen molar-refractivity contribution < 1.29 is 0 Å². The first-order chi connectivity index (χ1) is 8.63. The Hall–Kier alpha value is -1.50. The Kier molecular flexibility index (Phi) is 3.90. The van der Waals surface area contributed by atoms with E-state index in [0.29, 0.717) is 10.6 Å². The summed E-state index contributed by atoms with van der Waals surface area (Å²) in [6.07, 6.45) is 0. The smallest absolute Gasteiger partial charge is 0.103 e. The summed E-state index contributed by atoms with van der Waals surface area (Å²) in [7, 11) is 0. The van der Waals surface area contributed by atoms with E-state index in [0.717, 1.165) is 21.4 Å². The molecule has 0 aliphatic rings. The maximum atomic E-state index is 9.16. The maximum absolute atomic E-state index is 9.16. The van der Waals surface area contributed by atoms with Crippen molar-refractivity contribution in [1.82, 2.24) is 0 Å². The summed E-state index contributed by atoms with van der Waals surface area (Å²) >= 11 is 9.52. The quantitative estimate of drug-likeness (QED) is 0.842. The molecule has 0 spiro atoms. The Balaban J connectivity index is 2.48. The van der Waals surface area contributed by atoms with Gasteiger partial charge >= 0.3 is 0 Å². The molecule has 0 saturated heterocycles. The molecule has 0 fully saturated rings. The van der Waals surface area contributed by atoms with Gasteiger partial charge in [0.05, 0.1) is 22.0 Å². The van der Waals surface area contributed by atoms with Crippen LogP contribution >= 0.6 is 27.5 Å². The van der Waals surface area contributed by atoms with Gasteiger partial charge in [0.1, 0.15) is 6.07 Å². The van der Waals surface area contributed by atoms with E-state index in [1.807, 2.05) is 43.3 Å². The molecule has 0 aliphatic heterocycles. The normalized spacial score (nSPS) is 9.89. The van der Waals surface area contributed by atoms with E-state index in [4.69, 9.17) is 16.9 Å². The molecule has 1 N–H and O–H groups in total. The SMILES string of the molecule is Cc1cccc(Cl)c1Nc1cccc(Br)c1C#N. The number of hydrogen-bond acceptors (Lipinski definition) is 2. The molecule has 0 aromatic heterocycles. The third kappa shape index (κ3) is 2.50. The monoisotopic (exact) mass is 320 g/mol. The Morgan fingerprint density at radius 1 is 1.22 bits per heavy atom. The lowest BCUT2D eigenvalue weighted by molar-refractivity contribution is 1.40. The maximum Gasteiger partial charge on any atom is 0.103 e. The molecule has 90 valence electrons. The zero-order valence-electron chi connectivity index (χ0n) is 9.67. The Bertz CT molecular complexity index is 612. The number of rotatable bonds is 2. The number of halogens is 2. The number of nitrogens with one attached hydrogen (secondary N) is 1. The summed E-state index contributed by atoms with van der Waals surface area (Å²) in [6, 6.07) is 13.4. The standard InChI is InChI=1S/C14H10BrClN2/c1-9-4-2-6-12(16)14(9)18-13-7-3-5-11(15)10(13)8-17/h2-7,18H,1H3. The number of nitriles is 1. The zero-order valence-corrected chi connectivity index (χ0v) is 12.0. The van der Waals surface area contributed by atoms with Crippen molar-refractivity contribution in [3.8, 4) is 6.07 Å². The van der Waals surface area contributed by atoms with Crippen molar-refractivity contribution >= 4 is 38.9 Å². The van der Waals surface area contributed by atoms with Crippen molar-refractivity contribution in [1.29, 1.82) is 5.26 Å². The topological polar surface area (TPSA) is 35.8 Å². The molecule has 4 heteroatoms. The molecule has 0 unspecified atom stereocenters. The van der Waals surface area contributed by atoms with Crippen LogP contribution in [0, 0.1) is 18.3 Å². The molecular formula is C14H10BrClN2. The van der Waals surface area contributed by atoms with Crippen molar-refractivity contribution in [2.45, 2.75) is 6.92 Å².